The fourth-order valence-electron chi connectivity index (χ4n) is 1.45. The number of anilines is 1. The van der Waals surface area contributed by atoms with Gasteiger partial charge in [0.25, 0.3) is 5.56 Å². The molecule has 5 heteroatoms. The number of rotatable bonds is 5. The van der Waals surface area contributed by atoms with Gasteiger partial charge in [-0.1, -0.05) is 27.7 Å². The van der Waals surface area contributed by atoms with Crippen molar-refractivity contribution in [2.24, 2.45) is 11.8 Å². The van der Waals surface area contributed by atoms with Gasteiger partial charge in [-0.25, -0.2) is 4.68 Å². The molecule has 0 aliphatic heterocycles. The van der Waals surface area contributed by atoms with Crippen LogP contribution in [0.15, 0.2) is 15.5 Å². The Hall–Kier alpha value is -0.840. The lowest BCUT2D eigenvalue weighted by atomic mass is 10.1. The third-order valence-corrected chi connectivity index (χ3v) is 3.67. The van der Waals surface area contributed by atoms with Gasteiger partial charge < -0.3 is 5.32 Å². The number of hydrogen-bond donors (Lipinski definition) is 1. The van der Waals surface area contributed by atoms with Crippen molar-refractivity contribution in [2.45, 2.75) is 47.2 Å². The summed E-state index contributed by atoms with van der Waals surface area (Å²) in [5.74, 6) is 0.894. The summed E-state index contributed by atoms with van der Waals surface area (Å²) in [5, 5.41) is 7.51. The van der Waals surface area contributed by atoms with Crippen LogP contribution in [-0.4, -0.2) is 15.8 Å². The predicted molar refractivity (Wildman–Crippen MR) is 79.0 cm³/mol. The molecule has 0 saturated carbocycles. The van der Waals surface area contributed by atoms with E-state index in [4.69, 9.17) is 0 Å². The van der Waals surface area contributed by atoms with E-state index >= 15 is 0 Å². The monoisotopic (exact) mass is 315 g/mol. The Morgan fingerprint density at radius 3 is 2.44 bits per heavy atom. The molecule has 0 aliphatic carbocycles. The number of halogens is 1. The number of nitrogens with one attached hydrogen (secondary N) is 1. The van der Waals surface area contributed by atoms with E-state index < -0.39 is 0 Å². The SMILES string of the molecule is CC(C)Cn1ncc(NC(C)C(C)C)c(Br)c1=O. The summed E-state index contributed by atoms with van der Waals surface area (Å²) in [5.41, 5.74) is 0.686. The topological polar surface area (TPSA) is 46.9 Å². The van der Waals surface area contributed by atoms with Gasteiger partial charge in [0.1, 0.15) is 4.47 Å². The molecular formula is C13H22BrN3O. The summed E-state index contributed by atoms with van der Waals surface area (Å²) >= 11 is 3.36. The molecule has 1 rings (SSSR count). The van der Waals surface area contributed by atoms with Crippen LogP contribution in [0.1, 0.15) is 34.6 Å². The third kappa shape index (κ3) is 3.83. The Bertz CT molecular complexity index is 454. The van der Waals surface area contributed by atoms with Gasteiger partial charge in [-0.3, -0.25) is 4.79 Å². The van der Waals surface area contributed by atoms with E-state index in [-0.39, 0.29) is 5.56 Å². The molecule has 0 aromatic carbocycles. The highest BCUT2D eigenvalue weighted by Crippen LogP contribution is 2.19. The molecule has 1 heterocycles. The smallest absolute Gasteiger partial charge is 0.283 e. The van der Waals surface area contributed by atoms with Crippen LogP contribution in [0.5, 0.6) is 0 Å². The Morgan fingerprint density at radius 1 is 1.33 bits per heavy atom. The molecule has 0 radical (unpaired) electrons. The molecule has 0 saturated heterocycles. The lowest BCUT2D eigenvalue weighted by Crippen LogP contribution is -2.28. The maximum atomic E-state index is 12.1. The van der Waals surface area contributed by atoms with Crippen LogP contribution in [0.4, 0.5) is 5.69 Å². The van der Waals surface area contributed by atoms with E-state index in [2.05, 4.69) is 61.0 Å². The zero-order valence-corrected chi connectivity index (χ0v) is 13.3. The normalized spacial score (nSPS) is 13.1. The van der Waals surface area contributed by atoms with Crippen molar-refractivity contribution in [3.63, 3.8) is 0 Å². The Morgan fingerprint density at radius 2 is 1.94 bits per heavy atom. The maximum absolute atomic E-state index is 12.1. The van der Waals surface area contributed by atoms with Gasteiger partial charge in [0, 0.05) is 12.6 Å². The fourth-order valence-corrected chi connectivity index (χ4v) is 1.88. The van der Waals surface area contributed by atoms with Crippen molar-refractivity contribution in [3.05, 3.63) is 21.0 Å². The second-order valence-corrected chi connectivity index (χ2v) is 6.22. The zero-order valence-electron chi connectivity index (χ0n) is 11.7. The third-order valence-electron chi connectivity index (χ3n) is 2.91. The Kier molecular flexibility index (Phi) is 5.38. The molecule has 1 N–H and O–H groups in total. The van der Waals surface area contributed by atoms with E-state index in [1.165, 1.54) is 4.68 Å². The minimum Gasteiger partial charge on any atom is -0.380 e. The zero-order chi connectivity index (χ0) is 13.9. The second kappa shape index (κ2) is 6.36. The average molecular weight is 316 g/mol. The first-order chi connectivity index (χ1) is 8.32. The quantitative estimate of drug-likeness (QED) is 0.908. The molecule has 18 heavy (non-hydrogen) atoms. The van der Waals surface area contributed by atoms with Gasteiger partial charge in [-0.2, -0.15) is 5.10 Å². The van der Waals surface area contributed by atoms with Crippen molar-refractivity contribution < 1.29 is 0 Å². The molecule has 0 amide bonds. The van der Waals surface area contributed by atoms with Gasteiger partial charge in [0.2, 0.25) is 0 Å². The summed E-state index contributed by atoms with van der Waals surface area (Å²) in [6, 6.07) is 0.295. The number of hydrogen-bond acceptors (Lipinski definition) is 3. The van der Waals surface area contributed by atoms with Crippen molar-refractivity contribution in [2.75, 3.05) is 5.32 Å². The fraction of sp³-hybridized carbons (Fsp3) is 0.692. The van der Waals surface area contributed by atoms with Gasteiger partial charge in [-0.15, -0.1) is 0 Å². The van der Waals surface area contributed by atoms with Gasteiger partial charge in [0.05, 0.1) is 11.9 Å². The van der Waals surface area contributed by atoms with E-state index in [0.29, 0.717) is 28.9 Å². The summed E-state index contributed by atoms with van der Waals surface area (Å²) in [6.45, 7) is 11.1. The standard InChI is InChI=1S/C13H22BrN3O/c1-8(2)7-17-13(18)12(14)11(6-15-17)16-10(5)9(3)4/h6,8-10,16H,7H2,1-5H3. The van der Waals surface area contributed by atoms with Crippen molar-refractivity contribution in [3.8, 4) is 0 Å². The first-order valence-corrected chi connectivity index (χ1v) is 7.14. The molecule has 1 unspecified atom stereocenters. The molecule has 0 aliphatic rings. The van der Waals surface area contributed by atoms with Gasteiger partial charge in [0.15, 0.2) is 0 Å². The van der Waals surface area contributed by atoms with Crippen LogP contribution in [0.3, 0.4) is 0 Å². The van der Waals surface area contributed by atoms with E-state index in [1.54, 1.807) is 6.20 Å². The van der Waals surface area contributed by atoms with Crippen molar-refractivity contribution in [1.29, 1.82) is 0 Å². The average Bonchev–Trinajstić information content (AvgIpc) is 2.28. The highest BCUT2D eigenvalue weighted by Gasteiger charge is 2.13. The molecule has 0 fully saturated rings. The lowest BCUT2D eigenvalue weighted by molar-refractivity contribution is 0.462. The van der Waals surface area contributed by atoms with E-state index in [1.807, 2.05) is 0 Å². The minimum atomic E-state index is -0.0790. The summed E-state index contributed by atoms with van der Waals surface area (Å²) in [4.78, 5) is 12.1. The summed E-state index contributed by atoms with van der Waals surface area (Å²) in [6.07, 6.45) is 1.72. The second-order valence-electron chi connectivity index (χ2n) is 5.43. The molecule has 0 spiro atoms. The van der Waals surface area contributed by atoms with Crippen LogP contribution in [0.2, 0.25) is 0 Å². The van der Waals surface area contributed by atoms with Crippen LogP contribution in [0, 0.1) is 11.8 Å². The van der Waals surface area contributed by atoms with Gasteiger partial charge in [-0.05, 0) is 34.7 Å². The van der Waals surface area contributed by atoms with Crippen LogP contribution < -0.4 is 10.9 Å². The van der Waals surface area contributed by atoms with Crippen molar-refractivity contribution >= 4 is 21.6 Å². The van der Waals surface area contributed by atoms with Gasteiger partial charge >= 0.3 is 0 Å². The first kappa shape index (κ1) is 15.2. The van der Waals surface area contributed by atoms with Crippen LogP contribution >= 0.6 is 15.9 Å². The Labute approximate surface area is 117 Å². The molecule has 1 atom stereocenters. The molecule has 1 aromatic heterocycles. The van der Waals surface area contributed by atoms with E-state index in [0.717, 1.165) is 5.69 Å². The molecule has 4 nitrogen and oxygen atoms in total. The maximum Gasteiger partial charge on any atom is 0.283 e. The highest BCUT2D eigenvalue weighted by molar-refractivity contribution is 9.10. The summed E-state index contributed by atoms with van der Waals surface area (Å²) in [7, 11) is 0. The molecular weight excluding hydrogens is 294 g/mol. The van der Waals surface area contributed by atoms with Crippen molar-refractivity contribution in [1.82, 2.24) is 9.78 Å². The number of nitrogens with zero attached hydrogens (tertiary/aromatic N) is 2. The van der Waals surface area contributed by atoms with E-state index in [9.17, 15) is 4.79 Å². The Balaban J connectivity index is 2.98. The minimum absolute atomic E-state index is 0.0790. The first-order valence-electron chi connectivity index (χ1n) is 6.35. The highest BCUT2D eigenvalue weighted by atomic mass is 79.9. The van der Waals surface area contributed by atoms with Crippen LogP contribution in [-0.2, 0) is 6.54 Å². The largest absolute Gasteiger partial charge is 0.380 e. The molecule has 102 valence electrons. The predicted octanol–water partition coefficient (Wildman–Crippen LogP) is 3.12. The molecule has 0 bridgehead atoms. The number of aromatic nitrogens is 2. The summed E-state index contributed by atoms with van der Waals surface area (Å²) < 4.78 is 2.06. The molecule has 1 aromatic rings. The van der Waals surface area contributed by atoms with Crippen LogP contribution in [0.25, 0.3) is 0 Å². The lowest BCUT2D eigenvalue weighted by Gasteiger charge is -2.19.